The molecular weight excluding hydrogens is 222 g/mol. The third-order valence-electron chi connectivity index (χ3n) is 2.09. The van der Waals surface area contributed by atoms with Gasteiger partial charge in [-0.3, -0.25) is 20.0 Å². The molecule has 6 heteroatoms. The number of hydrogen-bond donors (Lipinski definition) is 2. The molecule has 0 spiro atoms. The first kappa shape index (κ1) is 12.8. The maximum absolute atomic E-state index is 11.1. The minimum atomic E-state index is -0.436. The van der Waals surface area contributed by atoms with Crippen LogP contribution in [0.3, 0.4) is 0 Å². The van der Waals surface area contributed by atoms with Gasteiger partial charge < -0.3 is 10.1 Å². The van der Waals surface area contributed by atoms with Crippen molar-refractivity contribution >= 4 is 23.2 Å². The zero-order chi connectivity index (χ0) is 12.8. The molecule has 1 rings (SSSR count). The van der Waals surface area contributed by atoms with Crippen LogP contribution in [0.15, 0.2) is 18.5 Å². The van der Waals surface area contributed by atoms with Crippen molar-refractivity contribution in [2.75, 3.05) is 19.0 Å². The van der Waals surface area contributed by atoms with E-state index in [1.165, 1.54) is 26.4 Å². The first-order valence-corrected chi connectivity index (χ1v) is 4.90. The Hall–Kier alpha value is -2.24. The smallest absolute Gasteiger partial charge is 0.325 e. The van der Waals surface area contributed by atoms with Gasteiger partial charge in [0, 0.05) is 18.7 Å². The van der Waals surface area contributed by atoms with Crippen molar-refractivity contribution in [2.45, 2.75) is 6.92 Å². The number of hydrogen-bond acceptors (Lipinski definition) is 6. The van der Waals surface area contributed by atoms with Crippen LogP contribution in [0, 0.1) is 5.41 Å². The van der Waals surface area contributed by atoms with E-state index in [2.05, 4.69) is 15.0 Å². The number of Topliss-reactive ketones (excluding diaryl/α,β-unsaturated/α-hetero) is 1. The van der Waals surface area contributed by atoms with Gasteiger partial charge in [0.1, 0.15) is 12.3 Å². The van der Waals surface area contributed by atoms with Gasteiger partial charge in [0.05, 0.1) is 19.0 Å². The number of pyridine rings is 1. The van der Waals surface area contributed by atoms with Crippen molar-refractivity contribution in [2.24, 2.45) is 0 Å². The lowest BCUT2D eigenvalue weighted by molar-refractivity contribution is -0.138. The van der Waals surface area contributed by atoms with E-state index in [-0.39, 0.29) is 18.0 Å². The van der Waals surface area contributed by atoms with E-state index in [1.54, 1.807) is 6.07 Å². The molecule has 0 bridgehead atoms. The fourth-order valence-electron chi connectivity index (χ4n) is 1.18. The van der Waals surface area contributed by atoms with E-state index in [1.807, 2.05) is 0 Å². The number of esters is 1. The molecular formula is C11H13N3O3. The fourth-order valence-corrected chi connectivity index (χ4v) is 1.18. The second-order valence-corrected chi connectivity index (χ2v) is 3.28. The summed E-state index contributed by atoms with van der Waals surface area (Å²) in [6.45, 7) is 1.27. The average molecular weight is 235 g/mol. The summed E-state index contributed by atoms with van der Waals surface area (Å²) >= 11 is 0. The highest BCUT2D eigenvalue weighted by molar-refractivity contribution is 6.45. The Labute approximate surface area is 98.5 Å². The van der Waals surface area contributed by atoms with Crippen molar-refractivity contribution in [3.8, 4) is 0 Å². The fraction of sp³-hybridized carbons (Fsp3) is 0.273. The Morgan fingerprint density at radius 2 is 2.24 bits per heavy atom. The second kappa shape index (κ2) is 5.74. The lowest BCUT2D eigenvalue weighted by Crippen LogP contribution is -2.18. The van der Waals surface area contributed by atoms with Crippen LogP contribution in [-0.4, -0.2) is 36.1 Å². The zero-order valence-corrected chi connectivity index (χ0v) is 9.61. The maximum atomic E-state index is 11.1. The van der Waals surface area contributed by atoms with Gasteiger partial charge in [0.15, 0.2) is 5.78 Å². The van der Waals surface area contributed by atoms with Gasteiger partial charge in [-0.25, -0.2) is 0 Å². The molecule has 0 saturated heterocycles. The number of carbonyl (C=O) groups excluding carboxylic acids is 2. The molecule has 0 aliphatic rings. The molecule has 2 N–H and O–H groups in total. The standard InChI is InChI=1S/C11H13N3O3/c1-7(15)11(12)8-3-4-13-5-9(8)14-6-10(16)17-2/h3-5,12,14H,6H2,1-2H3. The van der Waals surface area contributed by atoms with Crippen molar-refractivity contribution < 1.29 is 14.3 Å². The predicted octanol–water partition coefficient (Wildman–Crippen LogP) is 0.623. The van der Waals surface area contributed by atoms with Crippen LogP contribution in [0.5, 0.6) is 0 Å². The predicted molar refractivity (Wildman–Crippen MR) is 62.3 cm³/mol. The molecule has 0 aliphatic heterocycles. The summed E-state index contributed by atoms with van der Waals surface area (Å²) in [5.41, 5.74) is 0.745. The summed E-state index contributed by atoms with van der Waals surface area (Å²) in [6, 6.07) is 1.54. The van der Waals surface area contributed by atoms with Gasteiger partial charge in [0.2, 0.25) is 0 Å². The number of nitrogens with one attached hydrogen (secondary N) is 2. The number of nitrogens with zero attached hydrogens (tertiary/aromatic N) is 1. The molecule has 90 valence electrons. The van der Waals surface area contributed by atoms with E-state index in [0.717, 1.165) is 0 Å². The van der Waals surface area contributed by atoms with Crippen LogP contribution >= 0.6 is 0 Å². The highest BCUT2D eigenvalue weighted by atomic mass is 16.5. The molecule has 0 unspecified atom stereocenters. The number of aromatic nitrogens is 1. The van der Waals surface area contributed by atoms with Gasteiger partial charge in [-0.05, 0) is 6.07 Å². The Morgan fingerprint density at radius 1 is 1.53 bits per heavy atom. The van der Waals surface area contributed by atoms with E-state index in [9.17, 15) is 9.59 Å². The molecule has 0 aliphatic carbocycles. The number of ketones is 1. The lowest BCUT2D eigenvalue weighted by atomic mass is 10.1. The quantitative estimate of drug-likeness (QED) is 0.576. The Balaban J connectivity index is 2.88. The van der Waals surface area contributed by atoms with Crippen LogP contribution in [0.4, 0.5) is 5.69 Å². The average Bonchev–Trinajstić information content (AvgIpc) is 2.35. The summed E-state index contributed by atoms with van der Waals surface area (Å²) < 4.78 is 4.48. The van der Waals surface area contributed by atoms with Crippen LogP contribution in [-0.2, 0) is 14.3 Å². The summed E-state index contributed by atoms with van der Waals surface area (Å²) in [5.74, 6) is -0.786. The summed E-state index contributed by atoms with van der Waals surface area (Å²) in [4.78, 5) is 26.0. The molecule has 0 amide bonds. The van der Waals surface area contributed by atoms with Gasteiger partial charge in [-0.2, -0.15) is 0 Å². The van der Waals surface area contributed by atoms with E-state index in [0.29, 0.717) is 11.3 Å². The monoisotopic (exact) mass is 235 g/mol. The van der Waals surface area contributed by atoms with Crippen molar-refractivity contribution in [1.82, 2.24) is 4.98 Å². The number of ether oxygens (including phenoxy) is 1. The largest absolute Gasteiger partial charge is 0.468 e. The summed E-state index contributed by atoms with van der Waals surface area (Å²) in [5, 5.41) is 10.4. The van der Waals surface area contributed by atoms with Gasteiger partial charge in [-0.1, -0.05) is 0 Å². The SMILES string of the molecule is COC(=O)CNc1cnccc1C(=N)C(C)=O. The minimum Gasteiger partial charge on any atom is -0.468 e. The van der Waals surface area contributed by atoms with Crippen molar-refractivity contribution in [1.29, 1.82) is 5.41 Å². The molecule has 1 aromatic rings. The van der Waals surface area contributed by atoms with Crippen LogP contribution in [0.25, 0.3) is 0 Å². The number of methoxy groups -OCH3 is 1. The van der Waals surface area contributed by atoms with E-state index in [4.69, 9.17) is 5.41 Å². The van der Waals surface area contributed by atoms with Crippen molar-refractivity contribution in [3.63, 3.8) is 0 Å². The highest BCUT2D eigenvalue weighted by Gasteiger charge is 2.12. The zero-order valence-electron chi connectivity index (χ0n) is 9.61. The summed E-state index contributed by atoms with van der Waals surface area (Å²) in [6.07, 6.45) is 2.94. The van der Waals surface area contributed by atoms with Gasteiger partial charge in [-0.15, -0.1) is 0 Å². The second-order valence-electron chi connectivity index (χ2n) is 3.28. The molecule has 0 fully saturated rings. The topological polar surface area (TPSA) is 92.1 Å². The Bertz CT molecular complexity index is 457. The third kappa shape index (κ3) is 3.37. The molecule has 0 aromatic carbocycles. The molecule has 0 radical (unpaired) electrons. The van der Waals surface area contributed by atoms with Crippen molar-refractivity contribution in [3.05, 3.63) is 24.0 Å². The maximum Gasteiger partial charge on any atom is 0.325 e. The first-order valence-electron chi connectivity index (χ1n) is 4.90. The molecule has 0 atom stereocenters. The summed E-state index contributed by atoms with van der Waals surface area (Å²) in [7, 11) is 1.28. The molecule has 17 heavy (non-hydrogen) atoms. The lowest BCUT2D eigenvalue weighted by Gasteiger charge is -2.09. The highest BCUT2D eigenvalue weighted by Crippen LogP contribution is 2.14. The third-order valence-corrected chi connectivity index (χ3v) is 2.09. The van der Waals surface area contributed by atoms with Crippen LogP contribution in [0.2, 0.25) is 0 Å². The molecule has 6 nitrogen and oxygen atoms in total. The number of anilines is 1. The Kier molecular flexibility index (Phi) is 4.33. The van der Waals surface area contributed by atoms with Crippen LogP contribution < -0.4 is 5.32 Å². The molecule has 1 heterocycles. The molecule has 0 saturated carbocycles. The molecule has 1 aromatic heterocycles. The number of rotatable bonds is 5. The van der Waals surface area contributed by atoms with Gasteiger partial charge in [0.25, 0.3) is 0 Å². The van der Waals surface area contributed by atoms with Crippen LogP contribution in [0.1, 0.15) is 12.5 Å². The van der Waals surface area contributed by atoms with E-state index >= 15 is 0 Å². The van der Waals surface area contributed by atoms with Gasteiger partial charge >= 0.3 is 5.97 Å². The first-order chi connectivity index (χ1) is 8.06. The minimum absolute atomic E-state index is 0.0413. The normalized spacial score (nSPS) is 9.53. The van der Waals surface area contributed by atoms with E-state index < -0.39 is 5.97 Å². The Morgan fingerprint density at radius 3 is 2.82 bits per heavy atom. The number of carbonyl (C=O) groups is 2.